The van der Waals surface area contributed by atoms with Gasteiger partial charge in [-0.3, -0.25) is 4.79 Å². The van der Waals surface area contributed by atoms with Crippen molar-refractivity contribution in [3.8, 4) is 11.5 Å². The van der Waals surface area contributed by atoms with E-state index < -0.39 is 0 Å². The van der Waals surface area contributed by atoms with E-state index in [4.69, 9.17) is 9.47 Å². The molecule has 0 saturated heterocycles. The van der Waals surface area contributed by atoms with Crippen molar-refractivity contribution >= 4 is 17.9 Å². The molecule has 0 aliphatic rings. The number of allylic oxidation sites excluding steroid dienone is 1. The molecule has 0 atom stereocenters. The summed E-state index contributed by atoms with van der Waals surface area (Å²) in [7, 11) is 3.17. The Kier molecular flexibility index (Phi) is 5.15. The maximum atomic E-state index is 12.1. The molecule has 0 N–H and O–H groups in total. The highest BCUT2D eigenvalue weighted by Gasteiger charge is 2.04. The van der Waals surface area contributed by atoms with Crippen molar-refractivity contribution in [1.29, 1.82) is 0 Å². The van der Waals surface area contributed by atoms with E-state index in [0.717, 1.165) is 11.1 Å². The Morgan fingerprint density at radius 3 is 2.18 bits per heavy atom. The van der Waals surface area contributed by atoms with Gasteiger partial charge in [0.2, 0.25) is 0 Å². The lowest BCUT2D eigenvalue weighted by Gasteiger charge is -2.07. The van der Waals surface area contributed by atoms with Gasteiger partial charge >= 0.3 is 0 Å². The molecule has 0 radical (unpaired) electrons. The summed E-state index contributed by atoms with van der Waals surface area (Å²) >= 11 is 0. The zero-order valence-electron chi connectivity index (χ0n) is 12.7. The number of carbonyl (C=O) groups excluding carboxylic acids is 1. The first-order chi connectivity index (χ1) is 10.7. The molecule has 0 aliphatic carbocycles. The Morgan fingerprint density at radius 1 is 0.955 bits per heavy atom. The van der Waals surface area contributed by atoms with Crippen LogP contribution in [-0.2, 0) is 0 Å². The lowest BCUT2D eigenvalue weighted by Crippen LogP contribution is -1.94. The Bertz CT molecular complexity index is 697. The van der Waals surface area contributed by atoms with Crippen LogP contribution in [0.2, 0.25) is 0 Å². The summed E-state index contributed by atoms with van der Waals surface area (Å²) in [6.45, 7) is 3.69. The van der Waals surface area contributed by atoms with E-state index in [2.05, 4.69) is 6.58 Å². The minimum Gasteiger partial charge on any atom is -0.493 e. The van der Waals surface area contributed by atoms with Crippen molar-refractivity contribution in [2.75, 3.05) is 14.2 Å². The predicted molar refractivity (Wildman–Crippen MR) is 89.4 cm³/mol. The van der Waals surface area contributed by atoms with E-state index in [0.29, 0.717) is 17.1 Å². The number of ketones is 1. The second-order valence-corrected chi connectivity index (χ2v) is 4.64. The summed E-state index contributed by atoms with van der Waals surface area (Å²) in [6, 6.07) is 12.8. The lowest BCUT2D eigenvalue weighted by molar-refractivity contribution is 0.104. The molecule has 112 valence electrons. The molecule has 0 aliphatic heterocycles. The molecule has 0 bridgehead atoms. The average molecular weight is 294 g/mol. The van der Waals surface area contributed by atoms with Gasteiger partial charge in [0.05, 0.1) is 14.2 Å². The second-order valence-electron chi connectivity index (χ2n) is 4.64. The Labute approximate surface area is 130 Å². The smallest absolute Gasteiger partial charge is 0.185 e. The van der Waals surface area contributed by atoms with Crippen LogP contribution in [0, 0.1) is 0 Å². The summed E-state index contributed by atoms with van der Waals surface area (Å²) < 4.78 is 10.4. The number of benzene rings is 2. The van der Waals surface area contributed by atoms with Crippen LogP contribution in [0.3, 0.4) is 0 Å². The van der Waals surface area contributed by atoms with Gasteiger partial charge in [-0.1, -0.05) is 49.1 Å². The quantitative estimate of drug-likeness (QED) is 0.590. The SMILES string of the molecule is C=Cc1ccc(C(=O)C=Cc2ccc(OC)c(OC)c2)cc1. The van der Waals surface area contributed by atoms with Crippen molar-refractivity contribution in [2.24, 2.45) is 0 Å². The number of methoxy groups -OCH3 is 2. The zero-order valence-corrected chi connectivity index (χ0v) is 12.7. The van der Waals surface area contributed by atoms with Crippen molar-refractivity contribution in [1.82, 2.24) is 0 Å². The predicted octanol–water partition coefficient (Wildman–Crippen LogP) is 4.24. The fourth-order valence-corrected chi connectivity index (χ4v) is 2.01. The molecule has 2 rings (SSSR count). The fourth-order valence-electron chi connectivity index (χ4n) is 2.01. The number of carbonyl (C=O) groups is 1. The molecule has 0 aromatic heterocycles. The Morgan fingerprint density at radius 2 is 1.59 bits per heavy atom. The van der Waals surface area contributed by atoms with E-state index >= 15 is 0 Å². The standard InChI is InChI=1S/C19H18O3/c1-4-14-5-9-16(10-6-14)17(20)11-7-15-8-12-18(21-2)19(13-15)22-3/h4-13H,1H2,2-3H3. The first-order valence-electron chi connectivity index (χ1n) is 6.85. The normalized spacial score (nSPS) is 10.5. The van der Waals surface area contributed by atoms with Crippen LogP contribution in [0.5, 0.6) is 11.5 Å². The van der Waals surface area contributed by atoms with E-state index in [-0.39, 0.29) is 5.78 Å². The van der Waals surface area contributed by atoms with Crippen molar-refractivity contribution in [3.63, 3.8) is 0 Å². The van der Waals surface area contributed by atoms with Crippen LogP contribution >= 0.6 is 0 Å². The van der Waals surface area contributed by atoms with Gasteiger partial charge in [-0.05, 0) is 29.3 Å². The van der Waals surface area contributed by atoms with Crippen molar-refractivity contribution in [2.45, 2.75) is 0 Å². The Balaban J connectivity index is 2.16. The van der Waals surface area contributed by atoms with Gasteiger partial charge in [0.1, 0.15) is 0 Å². The van der Waals surface area contributed by atoms with E-state index in [1.54, 1.807) is 44.6 Å². The first-order valence-corrected chi connectivity index (χ1v) is 6.85. The molecular weight excluding hydrogens is 276 g/mol. The minimum atomic E-state index is -0.0506. The molecule has 2 aromatic carbocycles. The van der Waals surface area contributed by atoms with Crippen LogP contribution in [0.1, 0.15) is 21.5 Å². The summed E-state index contributed by atoms with van der Waals surface area (Å²) in [5.74, 6) is 1.24. The summed E-state index contributed by atoms with van der Waals surface area (Å²) in [5.41, 5.74) is 2.50. The minimum absolute atomic E-state index is 0.0506. The summed E-state index contributed by atoms with van der Waals surface area (Å²) in [5, 5.41) is 0. The van der Waals surface area contributed by atoms with Gasteiger partial charge in [0.15, 0.2) is 17.3 Å². The average Bonchev–Trinajstić information content (AvgIpc) is 2.59. The summed E-state index contributed by atoms with van der Waals surface area (Å²) in [6.07, 6.45) is 5.05. The molecule has 0 spiro atoms. The highest BCUT2D eigenvalue weighted by atomic mass is 16.5. The molecule has 0 fully saturated rings. The van der Waals surface area contributed by atoms with Crippen LogP contribution in [0.4, 0.5) is 0 Å². The maximum Gasteiger partial charge on any atom is 0.185 e. The fraction of sp³-hybridized carbons (Fsp3) is 0.105. The number of hydrogen-bond acceptors (Lipinski definition) is 3. The van der Waals surface area contributed by atoms with Crippen molar-refractivity contribution < 1.29 is 14.3 Å². The third-order valence-corrected chi connectivity index (χ3v) is 3.27. The molecule has 3 nitrogen and oxygen atoms in total. The third-order valence-electron chi connectivity index (χ3n) is 3.27. The van der Waals surface area contributed by atoms with Gasteiger partial charge in [-0.2, -0.15) is 0 Å². The van der Waals surface area contributed by atoms with Gasteiger partial charge < -0.3 is 9.47 Å². The third kappa shape index (κ3) is 3.64. The van der Waals surface area contributed by atoms with Crippen LogP contribution in [0.25, 0.3) is 12.2 Å². The maximum absolute atomic E-state index is 12.1. The Hall–Kier alpha value is -2.81. The monoisotopic (exact) mass is 294 g/mol. The lowest BCUT2D eigenvalue weighted by atomic mass is 10.1. The molecule has 0 unspecified atom stereocenters. The van der Waals surface area contributed by atoms with Crippen LogP contribution in [-0.4, -0.2) is 20.0 Å². The van der Waals surface area contributed by atoms with Crippen LogP contribution in [0.15, 0.2) is 55.1 Å². The van der Waals surface area contributed by atoms with E-state index in [9.17, 15) is 4.79 Å². The zero-order chi connectivity index (χ0) is 15.9. The summed E-state index contributed by atoms with van der Waals surface area (Å²) in [4.78, 5) is 12.1. The molecule has 0 saturated carbocycles. The molecule has 3 heteroatoms. The van der Waals surface area contributed by atoms with E-state index in [1.165, 1.54) is 0 Å². The number of rotatable bonds is 6. The number of hydrogen-bond donors (Lipinski definition) is 0. The van der Waals surface area contributed by atoms with Gasteiger partial charge in [0, 0.05) is 5.56 Å². The molecule has 22 heavy (non-hydrogen) atoms. The molecular formula is C19H18O3. The largest absolute Gasteiger partial charge is 0.493 e. The molecule has 2 aromatic rings. The van der Waals surface area contributed by atoms with E-state index in [1.807, 2.05) is 30.3 Å². The van der Waals surface area contributed by atoms with Gasteiger partial charge in [0.25, 0.3) is 0 Å². The molecule has 0 heterocycles. The molecule has 0 amide bonds. The first kappa shape index (κ1) is 15.6. The van der Waals surface area contributed by atoms with Gasteiger partial charge in [-0.25, -0.2) is 0 Å². The highest BCUT2D eigenvalue weighted by molar-refractivity contribution is 6.06. The second kappa shape index (κ2) is 7.27. The van der Waals surface area contributed by atoms with Gasteiger partial charge in [-0.15, -0.1) is 0 Å². The van der Waals surface area contributed by atoms with Crippen LogP contribution < -0.4 is 9.47 Å². The highest BCUT2D eigenvalue weighted by Crippen LogP contribution is 2.28. The topological polar surface area (TPSA) is 35.5 Å². The van der Waals surface area contributed by atoms with Crippen molar-refractivity contribution in [3.05, 3.63) is 71.8 Å². The number of ether oxygens (including phenoxy) is 2.